The van der Waals surface area contributed by atoms with Gasteiger partial charge in [-0.1, -0.05) is 65.0 Å². The number of carbonyl (C=O) groups excluding carboxylic acids is 4. The Balaban J connectivity index is 2.98. The zero-order valence-electron chi connectivity index (χ0n) is 26.9. The molecule has 0 fully saturated rings. The van der Waals surface area contributed by atoms with Crippen molar-refractivity contribution < 1.29 is 28.7 Å². The standard InChI is InChI=1S/C32H51N3O6Si/c1-10-42(11-2,12-3)20-16-19-26(35-31(39)41-32(7,8)9)29(37)33-24(6)28(36)34-27(21-23(4)5)30(38)40-22-25-17-14-13-15-18-25/h13-15,17-18,23-24,26-27H,10-12,19,21-22H2,1-9H3,(H,33,37)(H,34,36)(H,35,39)/t24-,26-,27-/m0/s1. The number of esters is 1. The van der Waals surface area contributed by atoms with E-state index in [1.165, 1.54) is 6.92 Å². The maximum Gasteiger partial charge on any atom is 0.408 e. The van der Waals surface area contributed by atoms with Gasteiger partial charge in [-0.25, -0.2) is 9.59 Å². The number of ether oxygens (including phenoxy) is 2. The van der Waals surface area contributed by atoms with Gasteiger partial charge >= 0.3 is 12.1 Å². The molecule has 42 heavy (non-hydrogen) atoms. The van der Waals surface area contributed by atoms with E-state index in [1.807, 2.05) is 44.2 Å². The fourth-order valence-corrected chi connectivity index (χ4v) is 6.71. The summed E-state index contributed by atoms with van der Waals surface area (Å²) in [5.74, 6) is 1.60. The molecule has 0 spiro atoms. The lowest BCUT2D eigenvalue weighted by atomic mass is 10.0. The monoisotopic (exact) mass is 601 g/mol. The number of nitrogens with one attached hydrogen (secondary N) is 3. The van der Waals surface area contributed by atoms with Crippen LogP contribution in [0.25, 0.3) is 0 Å². The van der Waals surface area contributed by atoms with Gasteiger partial charge in [0.1, 0.15) is 38.4 Å². The van der Waals surface area contributed by atoms with E-state index >= 15 is 0 Å². The van der Waals surface area contributed by atoms with Gasteiger partial charge in [0.2, 0.25) is 11.8 Å². The Hall–Kier alpha value is -3.32. The highest BCUT2D eigenvalue weighted by Gasteiger charge is 2.30. The highest BCUT2D eigenvalue weighted by atomic mass is 28.3. The summed E-state index contributed by atoms with van der Waals surface area (Å²) in [5, 5.41) is 8.00. The predicted octanol–water partition coefficient (Wildman–Crippen LogP) is 5.10. The van der Waals surface area contributed by atoms with E-state index in [2.05, 4.69) is 48.2 Å². The summed E-state index contributed by atoms with van der Waals surface area (Å²) >= 11 is 0. The second-order valence-electron chi connectivity index (χ2n) is 12.1. The molecular formula is C32H51N3O6Si. The first kappa shape index (κ1) is 36.7. The second kappa shape index (κ2) is 17.6. The lowest BCUT2D eigenvalue weighted by Crippen LogP contribution is -2.55. The lowest BCUT2D eigenvalue weighted by molar-refractivity contribution is -0.149. The first-order chi connectivity index (χ1) is 19.6. The van der Waals surface area contributed by atoms with Crippen molar-refractivity contribution in [2.24, 2.45) is 5.92 Å². The lowest BCUT2D eigenvalue weighted by Gasteiger charge is -2.25. The topological polar surface area (TPSA) is 123 Å². The first-order valence-electron chi connectivity index (χ1n) is 15.0. The average Bonchev–Trinajstić information content (AvgIpc) is 2.92. The normalized spacial score (nSPS) is 13.6. The molecule has 10 heteroatoms. The molecule has 0 saturated carbocycles. The molecule has 0 aromatic heterocycles. The summed E-state index contributed by atoms with van der Waals surface area (Å²) in [6.07, 6.45) is -0.295. The van der Waals surface area contributed by atoms with Crippen LogP contribution >= 0.6 is 0 Å². The number of alkyl carbamates (subject to hydrolysis) is 1. The third-order valence-electron chi connectivity index (χ3n) is 6.98. The number of hydrogen-bond acceptors (Lipinski definition) is 6. The Morgan fingerprint density at radius 1 is 0.857 bits per heavy atom. The third-order valence-corrected chi connectivity index (χ3v) is 11.7. The molecule has 234 valence electrons. The van der Waals surface area contributed by atoms with Crippen LogP contribution in [0, 0.1) is 17.4 Å². The second-order valence-corrected chi connectivity index (χ2v) is 17.0. The van der Waals surface area contributed by atoms with Gasteiger partial charge in [-0.15, -0.1) is 11.5 Å². The van der Waals surface area contributed by atoms with Crippen molar-refractivity contribution in [2.75, 3.05) is 0 Å². The van der Waals surface area contributed by atoms with Crippen molar-refractivity contribution in [2.45, 2.75) is 124 Å². The molecule has 1 aromatic carbocycles. The molecule has 0 aliphatic heterocycles. The van der Waals surface area contributed by atoms with Crippen molar-refractivity contribution in [3.05, 3.63) is 35.9 Å². The van der Waals surface area contributed by atoms with Crippen LogP contribution in [0.4, 0.5) is 4.79 Å². The van der Waals surface area contributed by atoms with Crippen LogP contribution in [0.15, 0.2) is 30.3 Å². The fourth-order valence-electron chi connectivity index (χ4n) is 4.21. The number of carbonyl (C=O) groups is 4. The quantitative estimate of drug-likeness (QED) is 0.155. The largest absolute Gasteiger partial charge is 0.459 e. The Morgan fingerprint density at radius 3 is 1.98 bits per heavy atom. The van der Waals surface area contributed by atoms with Crippen LogP contribution in [-0.2, 0) is 30.5 Å². The van der Waals surface area contributed by atoms with Gasteiger partial charge in [-0.05, 0) is 63.7 Å². The van der Waals surface area contributed by atoms with E-state index in [9.17, 15) is 19.2 Å². The Kier molecular flexibility index (Phi) is 15.4. The van der Waals surface area contributed by atoms with Crippen molar-refractivity contribution in [1.29, 1.82) is 0 Å². The van der Waals surface area contributed by atoms with E-state index in [0.29, 0.717) is 6.42 Å². The number of hydrogen-bond donors (Lipinski definition) is 3. The fraction of sp³-hybridized carbons (Fsp3) is 0.625. The van der Waals surface area contributed by atoms with Crippen LogP contribution < -0.4 is 16.0 Å². The molecule has 1 aromatic rings. The maximum absolute atomic E-state index is 13.3. The van der Waals surface area contributed by atoms with Gasteiger partial charge in [0, 0.05) is 6.42 Å². The highest BCUT2D eigenvalue weighted by Crippen LogP contribution is 2.19. The first-order valence-corrected chi connectivity index (χ1v) is 17.6. The van der Waals surface area contributed by atoms with E-state index < -0.39 is 55.7 Å². The van der Waals surface area contributed by atoms with Crippen LogP contribution in [0.2, 0.25) is 18.1 Å². The minimum Gasteiger partial charge on any atom is -0.459 e. The predicted molar refractivity (Wildman–Crippen MR) is 168 cm³/mol. The maximum atomic E-state index is 13.3. The molecule has 0 unspecified atom stereocenters. The molecule has 0 heterocycles. The van der Waals surface area contributed by atoms with E-state index in [0.717, 1.165) is 23.7 Å². The number of amides is 3. The molecule has 0 saturated heterocycles. The van der Waals surface area contributed by atoms with E-state index in [4.69, 9.17) is 9.47 Å². The van der Waals surface area contributed by atoms with E-state index in [1.54, 1.807) is 20.8 Å². The summed E-state index contributed by atoms with van der Waals surface area (Å²) in [4.78, 5) is 51.7. The van der Waals surface area contributed by atoms with Crippen molar-refractivity contribution in [3.63, 3.8) is 0 Å². The van der Waals surface area contributed by atoms with Gasteiger partial charge in [0.25, 0.3) is 0 Å². The summed E-state index contributed by atoms with van der Waals surface area (Å²) in [6, 6.07) is 9.41. The number of rotatable bonds is 14. The molecule has 3 atom stereocenters. The minimum absolute atomic E-state index is 0.0793. The van der Waals surface area contributed by atoms with Gasteiger partial charge in [-0.2, -0.15) is 0 Å². The van der Waals surface area contributed by atoms with Gasteiger partial charge in [0.15, 0.2) is 0 Å². The van der Waals surface area contributed by atoms with Crippen molar-refractivity contribution in [1.82, 2.24) is 16.0 Å². The highest BCUT2D eigenvalue weighted by molar-refractivity contribution is 6.87. The summed E-state index contributed by atoms with van der Waals surface area (Å²) in [6.45, 7) is 17.1. The van der Waals surface area contributed by atoms with Gasteiger partial charge in [0.05, 0.1) is 0 Å². The molecule has 1 rings (SSSR count). The minimum atomic E-state index is -1.76. The molecule has 0 radical (unpaired) electrons. The Labute approximate surface area is 253 Å². The third kappa shape index (κ3) is 13.6. The average molecular weight is 602 g/mol. The van der Waals surface area contributed by atoms with Gasteiger partial charge in [-0.3, -0.25) is 9.59 Å². The van der Waals surface area contributed by atoms with Crippen molar-refractivity contribution in [3.8, 4) is 11.5 Å². The van der Waals surface area contributed by atoms with Crippen LogP contribution in [0.1, 0.15) is 80.7 Å². The summed E-state index contributed by atoms with van der Waals surface area (Å²) in [7, 11) is -1.76. The van der Waals surface area contributed by atoms with Crippen LogP contribution in [0.3, 0.4) is 0 Å². The molecule has 9 nitrogen and oxygen atoms in total. The Bertz CT molecular complexity index is 1080. The molecular weight excluding hydrogens is 550 g/mol. The van der Waals surface area contributed by atoms with E-state index in [-0.39, 0.29) is 18.9 Å². The molecule has 3 amide bonds. The number of benzene rings is 1. The zero-order chi connectivity index (χ0) is 31.9. The Morgan fingerprint density at radius 2 is 1.45 bits per heavy atom. The molecule has 0 aliphatic rings. The SMILES string of the molecule is CC[Si](C#CC[C@H](NC(=O)OC(C)(C)C)C(=O)N[C@@H](C)C(=O)N[C@@H](CC(C)C)C(=O)OCc1ccccc1)(CC)CC. The molecule has 3 N–H and O–H groups in total. The smallest absolute Gasteiger partial charge is 0.408 e. The zero-order valence-corrected chi connectivity index (χ0v) is 27.9. The van der Waals surface area contributed by atoms with Gasteiger partial charge < -0.3 is 25.4 Å². The summed E-state index contributed by atoms with van der Waals surface area (Å²) < 4.78 is 10.8. The van der Waals surface area contributed by atoms with Crippen molar-refractivity contribution >= 4 is 32.0 Å². The molecule has 0 aliphatic carbocycles. The summed E-state index contributed by atoms with van der Waals surface area (Å²) in [5.41, 5.74) is 3.52. The van der Waals surface area contributed by atoms with Crippen LogP contribution in [-0.4, -0.2) is 55.7 Å². The van der Waals surface area contributed by atoms with Crippen LogP contribution in [0.5, 0.6) is 0 Å². The molecule has 0 bridgehead atoms.